The van der Waals surface area contributed by atoms with Crippen LogP contribution in [0.2, 0.25) is 0 Å². The second kappa shape index (κ2) is 8.32. The van der Waals surface area contributed by atoms with E-state index in [2.05, 4.69) is 18.8 Å². The van der Waals surface area contributed by atoms with E-state index < -0.39 is 0 Å². The summed E-state index contributed by atoms with van der Waals surface area (Å²) in [4.78, 5) is 18.5. The maximum Gasteiger partial charge on any atom is 0.253 e. The predicted molar refractivity (Wildman–Crippen MR) is 91.7 cm³/mol. The van der Waals surface area contributed by atoms with Gasteiger partial charge in [0.25, 0.3) is 5.91 Å². The van der Waals surface area contributed by atoms with Crippen LogP contribution in [0.4, 0.5) is 0 Å². The molecular weight excluding hydrogens is 288 g/mol. The molecule has 0 aliphatic rings. The van der Waals surface area contributed by atoms with Crippen molar-refractivity contribution < 1.29 is 9.53 Å². The average Bonchev–Trinajstić information content (AvgIpc) is 2.58. The van der Waals surface area contributed by atoms with Crippen molar-refractivity contribution in [3.63, 3.8) is 0 Å². The van der Waals surface area contributed by atoms with Gasteiger partial charge in [-0.15, -0.1) is 0 Å². The maximum absolute atomic E-state index is 12.5. The molecule has 0 aliphatic heterocycles. The van der Waals surface area contributed by atoms with Crippen molar-refractivity contribution in [1.82, 2.24) is 9.88 Å². The van der Waals surface area contributed by atoms with E-state index >= 15 is 0 Å². The van der Waals surface area contributed by atoms with E-state index in [1.165, 1.54) is 0 Å². The van der Waals surface area contributed by atoms with Gasteiger partial charge in [0.05, 0.1) is 6.61 Å². The number of carbonyl (C=O) groups excluding carboxylic acids is 1. The van der Waals surface area contributed by atoms with Gasteiger partial charge in [-0.05, 0) is 36.2 Å². The first kappa shape index (κ1) is 17.0. The molecule has 1 amide bonds. The highest BCUT2D eigenvalue weighted by Crippen LogP contribution is 2.15. The van der Waals surface area contributed by atoms with E-state index in [9.17, 15) is 4.79 Å². The molecule has 0 spiro atoms. The first-order valence-electron chi connectivity index (χ1n) is 7.94. The summed E-state index contributed by atoms with van der Waals surface area (Å²) in [6.07, 6.45) is 2.51. The van der Waals surface area contributed by atoms with E-state index in [-0.39, 0.29) is 5.91 Å². The van der Waals surface area contributed by atoms with E-state index in [0.717, 1.165) is 17.9 Å². The molecule has 1 aromatic heterocycles. The van der Waals surface area contributed by atoms with Gasteiger partial charge in [0.15, 0.2) is 0 Å². The van der Waals surface area contributed by atoms with Crippen LogP contribution in [-0.2, 0) is 6.42 Å². The molecule has 0 bridgehead atoms. The van der Waals surface area contributed by atoms with Gasteiger partial charge in [-0.3, -0.25) is 9.78 Å². The fourth-order valence-electron chi connectivity index (χ4n) is 2.13. The molecule has 23 heavy (non-hydrogen) atoms. The highest BCUT2D eigenvalue weighted by molar-refractivity contribution is 5.94. The van der Waals surface area contributed by atoms with Crippen LogP contribution in [0, 0.1) is 5.92 Å². The highest BCUT2D eigenvalue weighted by Gasteiger charge is 2.12. The number of likely N-dealkylation sites (N-methyl/N-ethyl adjacent to an activating group) is 1. The van der Waals surface area contributed by atoms with Crippen LogP contribution in [0.3, 0.4) is 0 Å². The van der Waals surface area contributed by atoms with E-state index in [0.29, 0.717) is 24.6 Å². The van der Waals surface area contributed by atoms with E-state index in [4.69, 9.17) is 4.74 Å². The van der Waals surface area contributed by atoms with Crippen molar-refractivity contribution in [3.05, 3.63) is 59.9 Å². The van der Waals surface area contributed by atoms with Crippen LogP contribution >= 0.6 is 0 Å². The summed E-state index contributed by atoms with van der Waals surface area (Å²) < 4.78 is 5.69. The van der Waals surface area contributed by atoms with Gasteiger partial charge in [-0.2, -0.15) is 0 Å². The first-order chi connectivity index (χ1) is 11.1. The number of hydrogen-bond donors (Lipinski definition) is 0. The van der Waals surface area contributed by atoms with Crippen LogP contribution in [0.1, 0.15) is 29.9 Å². The second-order valence-corrected chi connectivity index (χ2v) is 6.03. The van der Waals surface area contributed by atoms with Crippen molar-refractivity contribution in [1.29, 1.82) is 0 Å². The van der Waals surface area contributed by atoms with Crippen LogP contribution in [0.15, 0.2) is 48.7 Å². The van der Waals surface area contributed by atoms with Gasteiger partial charge >= 0.3 is 0 Å². The molecule has 1 heterocycles. The number of pyridine rings is 1. The lowest BCUT2D eigenvalue weighted by atomic mass is 10.1. The third-order valence-corrected chi connectivity index (χ3v) is 3.44. The van der Waals surface area contributed by atoms with Crippen molar-refractivity contribution >= 4 is 5.91 Å². The third-order valence-electron chi connectivity index (χ3n) is 3.44. The summed E-state index contributed by atoms with van der Waals surface area (Å²) in [6, 6.07) is 13.2. The van der Waals surface area contributed by atoms with Crippen molar-refractivity contribution in [2.45, 2.75) is 20.3 Å². The summed E-state index contributed by atoms with van der Waals surface area (Å²) >= 11 is 0. The quantitative estimate of drug-likeness (QED) is 0.786. The Bertz CT molecular complexity index is 626. The molecule has 0 radical (unpaired) electrons. The molecule has 0 N–H and O–H groups in total. The maximum atomic E-state index is 12.5. The van der Waals surface area contributed by atoms with Crippen molar-refractivity contribution in [2.24, 2.45) is 5.92 Å². The molecule has 1 aromatic carbocycles. The standard InChI is InChI=1S/C19H24N2O2/c1-15(2)14-23-18-9-6-7-16(13-18)19(22)21(3)12-10-17-8-4-5-11-20-17/h4-9,11,13,15H,10,12,14H2,1-3H3. The normalized spacial score (nSPS) is 10.6. The van der Waals surface area contributed by atoms with Crippen LogP contribution < -0.4 is 4.74 Å². The summed E-state index contributed by atoms with van der Waals surface area (Å²) in [5, 5.41) is 0. The smallest absolute Gasteiger partial charge is 0.253 e. The zero-order valence-electron chi connectivity index (χ0n) is 14.0. The highest BCUT2D eigenvalue weighted by atomic mass is 16.5. The fourth-order valence-corrected chi connectivity index (χ4v) is 2.13. The molecule has 2 aromatic rings. The van der Waals surface area contributed by atoms with Gasteiger partial charge in [-0.25, -0.2) is 0 Å². The summed E-state index contributed by atoms with van der Waals surface area (Å²) in [5.41, 5.74) is 1.64. The lowest BCUT2D eigenvalue weighted by molar-refractivity contribution is 0.0796. The fraction of sp³-hybridized carbons (Fsp3) is 0.368. The molecular formula is C19H24N2O2. The zero-order valence-corrected chi connectivity index (χ0v) is 14.0. The third kappa shape index (κ3) is 5.40. The number of carbonyl (C=O) groups is 1. The first-order valence-corrected chi connectivity index (χ1v) is 7.94. The monoisotopic (exact) mass is 312 g/mol. The number of hydrogen-bond acceptors (Lipinski definition) is 3. The topological polar surface area (TPSA) is 42.4 Å². The molecule has 2 rings (SSSR count). The molecule has 0 saturated carbocycles. The molecule has 0 saturated heterocycles. The average molecular weight is 312 g/mol. The van der Waals surface area contributed by atoms with Crippen molar-refractivity contribution in [2.75, 3.05) is 20.2 Å². The van der Waals surface area contributed by atoms with Crippen LogP contribution in [-0.4, -0.2) is 36.0 Å². The molecule has 122 valence electrons. The van der Waals surface area contributed by atoms with Crippen molar-refractivity contribution in [3.8, 4) is 5.75 Å². The molecule has 0 aliphatic carbocycles. The number of amides is 1. The Morgan fingerprint density at radius 2 is 2.04 bits per heavy atom. The largest absolute Gasteiger partial charge is 0.493 e. The Labute approximate surface area is 138 Å². The van der Waals surface area contributed by atoms with Crippen LogP contribution in [0.25, 0.3) is 0 Å². The number of ether oxygens (including phenoxy) is 1. The molecule has 4 heteroatoms. The number of aromatic nitrogens is 1. The lowest BCUT2D eigenvalue weighted by Crippen LogP contribution is -2.29. The lowest BCUT2D eigenvalue weighted by Gasteiger charge is -2.17. The van der Waals surface area contributed by atoms with Gasteiger partial charge in [0.1, 0.15) is 5.75 Å². The van der Waals surface area contributed by atoms with Gasteiger partial charge in [0, 0.05) is 37.5 Å². The summed E-state index contributed by atoms with van der Waals surface area (Å²) in [6.45, 7) is 5.47. The number of nitrogens with zero attached hydrogens (tertiary/aromatic N) is 2. The summed E-state index contributed by atoms with van der Waals surface area (Å²) in [7, 11) is 1.81. The minimum atomic E-state index is -0.00377. The van der Waals surface area contributed by atoms with Gasteiger partial charge < -0.3 is 9.64 Å². The predicted octanol–water partition coefficient (Wildman–Crippen LogP) is 3.43. The zero-order chi connectivity index (χ0) is 16.7. The summed E-state index contributed by atoms with van der Waals surface area (Å²) in [5.74, 6) is 1.19. The Morgan fingerprint density at radius 3 is 2.74 bits per heavy atom. The Kier molecular flexibility index (Phi) is 6.15. The number of benzene rings is 1. The Balaban J connectivity index is 1.94. The minimum absolute atomic E-state index is 0.00377. The molecule has 4 nitrogen and oxygen atoms in total. The van der Waals surface area contributed by atoms with Crippen LogP contribution in [0.5, 0.6) is 5.75 Å². The van der Waals surface area contributed by atoms with E-state index in [1.807, 2.05) is 49.5 Å². The second-order valence-electron chi connectivity index (χ2n) is 6.03. The van der Waals surface area contributed by atoms with E-state index in [1.54, 1.807) is 11.1 Å². The minimum Gasteiger partial charge on any atom is -0.493 e. The Morgan fingerprint density at radius 1 is 1.22 bits per heavy atom. The SMILES string of the molecule is CC(C)COc1cccc(C(=O)N(C)CCc2ccccn2)c1. The molecule has 0 fully saturated rings. The molecule has 0 atom stereocenters. The van der Waals surface area contributed by atoms with Gasteiger partial charge in [0.2, 0.25) is 0 Å². The molecule has 0 unspecified atom stereocenters. The number of rotatable bonds is 7. The van der Waals surface area contributed by atoms with Gasteiger partial charge in [-0.1, -0.05) is 26.0 Å². The Hall–Kier alpha value is -2.36.